The molecule has 0 saturated heterocycles. The van der Waals surface area contributed by atoms with E-state index >= 15 is 0 Å². The van der Waals surface area contributed by atoms with Crippen LogP contribution in [0.3, 0.4) is 0 Å². The summed E-state index contributed by atoms with van der Waals surface area (Å²) in [6, 6.07) is 12.1. The lowest BCUT2D eigenvalue weighted by Crippen LogP contribution is -2.19. The molecule has 0 fully saturated rings. The molecule has 7 heteroatoms. The normalized spacial score (nSPS) is 10.4. The largest absolute Gasteiger partial charge is 0.459 e. The van der Waals surface area contributed by atoms with Crippen molar-refractivity contribution in [1.82, 2.24) is 0 Å². The van der Waals surface area contributed by atoms with Crippen LogP contribution in [0.1, 0.15) is 24.2 Å². The first-order chi connectivity index (χ1) is 11.4. The second-order valence-corrected chi connectivity index (χ2v) is 6.41. The van der Waals surface area contributed by atoms with Crippen molar-refractivity contribution < 1.29 is 9.53 Å². The van der Waals surface area contributed by atoms with E-state index in [1.165, 1.54) is 0 Å². The number of ether oxygens (including phenoxy) is 1. The molecule has 0 radical (unpaired) electrons. The summed E-state index contributed by atoms with van der Waals surface area (Å²) in [6.45, 7) is 3.61. The first-order valence-corrected chi connectivity index (χ1v) is 8.36. The van der Waals surface area contributed by atoms with Crippen LogP contribution in [0, 0.1) is 0 Å². The van der Waals surface area contributed by atoms with E-state index in [1.54, 1.807) is 56.3 Å². The fourth-order valence-corrected chi connectivity index (χ4v) is 2.43. The highest BCUT2D eigenvalue weighted by atomic mass is 35.5. The number of hydrogen-bond donors (Lipinski definition) is 2. The molecule has 0 saturated carbocycles. The van der Waals surface area contributed by atoms with E-state index in [0.29, 0.717) is 26.4 Å². The molecule has 4 nitrogen and oxygen atoms in total. The van der Waals surface area contributed by atoms with E-state index in [-0.39, 0.29) is 12.1 Å². The highest BCUT2D eigenvalue weighted by Crippen LogP contribution is 2.29. The van der Waals surface area contributed by atoms with Crippen molar-refractivity contribution in [1.29, 1.82) is 0 Å². The zero-order chi connectivity index (χ0) is 17.7. The van der Waals surface area contributed by atoms with Crippen LogP contribution in [0.15, 0.2) is 42.5 Å². The van der Waals surface area contributed by atoms with Gasteiger partial charge in [-0.25, -0.2) is 4.79 Å². The van der Waals surface area contributed by atoms with E-state index in [2.05, 4.69) is 10.6 Å². The van der Waals surface area contributed by atoms with Gasteiger partial charge in [-0.05, 0) is 62.5 Å². The van der Waals surface area contributed by atoms with Crippen LogP contribution in [0.5, 0.6) is 0 Å². The molecule has 0 aromatic heterocycles. The summed E-state index contributed by atoms with van der Waals surface area (Å²) in [5.74, 6) is -0.358. The van der Waals surface area contributed by atoms with E-state index < -0.39 is 0 Å². The Morgan fingerprint density at radius 2 is 1.75 bits per heavy atom. The number of hydrogen-bond acceptors (Lipinski definition) is 3. The third-order valence-electron chi connectivity index (χ3n) is 2.92. The number of thiocarbonyl (C=S) groups is 1. The molecule has 0 heterocycles. The summed E-state index contributed by atoms with van der Waals surface area (Å²) in [7, 11) is 0. The Hall–Kier alpha value is -1.82. The molecule has 0 unspecified atom stereocenters. The third-order valence-corrected chi connectivity index (χ3v) is 3.94. The summed E-state index contributed by atoms with van der Waals surface area (Å²) in [4.78, 5) is 11.8. The number of carbonyl (C=O) groups excluding carboxylic acids is 1. The summed E-state index contributed by atoms with van der Waals surface area (Å²) < 4.78 is 5.14. The van der Waals surface area contributed by atoms with Crippen molar-refractivity contribution in [2.75, 3.05) is 10.6 Å². The van der Waals surface area contributed by atoms with Crippen molar-refractivity contribution in [3.63, 3.8) is 0 Å². The molecule has 0 bridgehead atoms. The van der Waals surface area contributed by atoms with Crippen LogP contribution >= 0.6 is 35.4 Å². The molecule has 24 heavy (non-hydrogen) atoms. The van der Waals surface area contributed by atoms with Gasteiger partial charge < -0.3 is 15.4 Å². The minimum Gasteiger partial charge on any atom is -0.459 e. The van der Waals surface area contributed by atoms with Crippen LogP contribution in [0.4, 0.5) is 11.4 Å². The number of rotatable bonds is 4. The molecule has 2 rings (SSSR count). The van der Waals surface area contributed by atoms with Crippen molar-refractivity contribution in [3.8, 4) is 0 Å². The number of anilines is 2. The molecular formula is C17H16Cl2N2O2S. The van der Waals surface area contributed by atoms with Gasteiger partial charge in [0.25, 0.3) is 0 Å². The Morgan fingerprint density at radius 1 is 1.08 bits per heavy atom. The van der Waals surface area contributed by atoms with E-state index in [1.807, 2.05) is 0 Å². The highest BCUT2D eigenvalue weighted by Gasteiger charge is 2.10. The van der Waals surface area contributed by atoms with Gasteiger partial charge in [0.15, 0.2) is 5.11 Å². The van der Waals surface area contributed by atoms with Gasteiger partial charge in [-0.15, -0.1) is 0 Å². The fraction of sp³-hybridized carbons (Fsp3) is 0.176. The average molecular weight is 383 g/mol. The molecule has 2 N–H and O–H groups in total. The maximum Gasteiger partial charge on any atom is 0.338 e. The number of halogens is 2. The van der Waals surface area contributed by atoms with Gasteiger partial charge in [0.1, 0.15) is 0 Å². The average Bonchev–Trinajstić information content (AvgIpc) is 2.52. The van der Waals surface area contributed by atoms with Gasteiger partial charge in [-0.1, -0.05) is 29.3 Å². The molecule has 0 atom stereocenters. The molecule has 0 spiro atoms. The molecule has 126 valence electrons. The van der Waals surface area contributed by atoms with Gasteiger partial charge >= 0.3 is 5.97 Å². The maximum atomic E-state index is 11.8. The van der Waals surface area contributed by atoms with E-state index in [4.69, 9.17) is 40.2 Å². The van der Waals surface area contributed by atoms with Gasteiger partial charge in [-0.2, -0.15) is 0 Å². The first kappa shape index (κ1) is 18.5. The monoisotopic (exact) mass is 382 g/mol. The second-order valence-electron chi connectivity index (χ2n) is 5.21. The van der Waals surface area contributed by atoms with Crippen molar-refractivity contribution in [3.05, 3.63) is 58.1 Å². The molecule has 0 aliphatic heterocycles. The van der Waals surface area contributed by atoms with Crippen LogP contribution in [0.25, 0.3) is 0 Å². The van der Waals surface area contributed by atoms with Crippen LogP contribution < -0.4 is 10.6 Å². The summed E-state index contributed by atoms with van der Waals surface area (Å²) >= 11 is 17.3. The Morgan fingerprint density at radius 3 is 2.38 bits per heavy atom. The number of esters is 1. The quantitative estimate of drug-likeness (QED) is 0.549. The smallest absolute Gasteiger partial charge is 0.338 e. The standard InChI is InChI=1S/C17H16Cl2N2O2S/c1-10(2)23-16(22)11-6-8-12(9-7-11)20-17(24)21-14-5-3-4-13(18)15(14)19/h3-10H,1-2H3,(H2,20,21,24). The second kappa shape index (κ2) is 8.33. The lowest BCUT2D eigenvalue weighted by molar-refractivity contribution is 0.0378. The predicted octanol–water partition coefficient (Wildman–Crippen LogP) is 5.37. The Balaban J connectivity index is 1.99. The van der Waals surface area contributed by atoms with Crippen LogP contribution in [0.2, 0.25) is 10.0 Å². The van der Waals surface area contributed by atoms with Gasteiger partial charge in [-0.3, -0.25) is 0 Å². The molecular weight excluding hydrogens is 367 g/mol. The highest BCUT2D eigenvalue weighted by molar-refractivity contribution is 7.80. The Bertz CT molecular complexity index is 749. The van der Waals surface area contributed by atoms with Gasteiger partial charge in [0.05, 0.1) is 27.4 Å². The summed E-state index contributed by atoms with van der Waals surface area (Å²) in [6.07, 6.45) is -0.158. The number of carbonyl (C=O) groups is 1. The number of benzene rings is 2. The topological polar surface area (TPSA) is 50.4 Å². The number of nitrogens with one attached hydrogen (secondary N) is 2. The molecule has 0 amide bonds. The molecule has 2 aromatic rings. The zero-order valence-electron chi connectivity index (χ0n) is 13.1. The maximum absolute atomic E-state index is 11.8. The van der Waals surface area contributed by atoms with Gasteiger partial charge in [0.2, 0.25) is 0 Å². The van der Waals surface area contributed by atoms with Crippen molar-refractivity contribution in [2.45, 2.75) is 20.0 Å². The van der Waals surface area contributed by atoms with Crippen molar-refractivity contribution in [2.24, 2.45) is 0 Å². The molecule has 2 aromatic carbocycles. The van der Waals surface area contributed by atoms with Crippen LogP contribution in [-0.4, -0.2) is 17.2 Å². The zero-order valence-corrected chi connectivity index (χ0v) is 15.4. The van der Waals surface area contributed by atoms with Crippen molar-refractivity contribution >= 4 is 57.9 Å². The summed E-state index contributed by atoms with van der Waals surface area (Å²) in [5, 5.41) is 7.18. The predicted molar refractivity (Wildman–Crippen MR) is 103 cm³/mol. The fourth-order valence-electron chi connectivity index (χ4n) is 1.86. The molecule has 0 aliphatic carbocycles. The summed E-state index contributed by atoms with van der Waals surface area (Å²) in [5.41, 5.74) is 1.82. The Kier molecular flexibility index (Phi) is 6.43. The first-order valence-electron chi connectivity index (χ1n) is 7.20. The lowest BCUT2D eigenvalue weighted by Gasteiger charge is -2.13. The Labute approximate surface area is 156 Å². The molecule has 0 aliphatic rings. The third kappa shape index (κ3) is 5.09. The minimum atomic E-state index is -0.358. The van der Waals surface area contributed by atoms with E-state index in [9.17, 15) is 4.79 Å². The van der Waals surface area contributed by atoms with Crippen LogP contribution in [-0.2, 0) is 4.74 Å². The van der Waals surface area contributed by atoms with Gasteiger partial charge in [0, 0.05) is 5.69 Å². The van der Waals surface area contributed by atoms with E-state index in [0.717, 1.165) is 5.69 Å². The minimum absolute atomic E-state index is 0.158. The SMILES string of the molecule is CC(C)OC(=O)c1ccc(NC(=S)Nc2cccc(Cl)c2Cl)cc1. The lowest BCUT2D eigenvalue weighted by atomic mass is 10.2.